The van der Waals surface area contributed by atoms with Gasteiger partial charge in [0.25, 0.3) is 0 Å². The second-order valence-electron chi connectivity index (χ2n) is 7.34. The predicted molar refractivity (Wildman–Crippen MR) is 111 cm³/mol. The second-order valence-corrected chi connectivity index (χ2v) is 7.34. The molecule has 0 saturated carbocycles. The van der Waals surface area contributed by atoms with E-state index in [0.29, 0.717) is 43.2 Å². The van der Waals surface area contributed by atoms with Gasteiger partial charge in [0, 0.05) is 12.1 Å². The molecule has 0 aliphatic rings. The van der Waals surface area contributed by atoms with Crippen molar-refractivity contribution in [2.75, 3.05) is 18.5 Å². The Morgan fingerprint density at radius 2 is 1.75 bits per heavy atom. The van der Waals surface area contributed by atoms with Crippen molar-refractivity contribution in [1.29, 1.82) is 0 Å². The van der Waals surface area contributed by atoms with E-state index in [1.807, 2.05) is 39.8 Å². The summed E-state index contributed by atoms with van der Waals surface area (Å²) in [5, 5.41) is 2.83. The van der Waals surface area contributed by atoms with Gasteiger partial charge in [0.1, 0.15) is 5.75 Å². The lowest BCUT2D eigenvalue weighted by molar-refractivity contribution is -0.116. The van der Waals surface area contributed by atoms with Gasteiger partial charge in [0.05, 0.1) is 18.8 Å². The van der Waals surface area contributed by atoms with E-state index in [-0.39, 0.29) is 11.9 Å². The van der Waals surface area contributed by atoms with Gasteiger partial charge in [-0.25, -0.2) is 4.79 Å². The maximum absolute atomic E-state index is 12.1. The fourth-order valence-electron chi connectivity index (χ4n) is 2.61. The van der Waals surface area contributed by atoms with E-state index < -0.39 is 0 Å². The molecule has 28 heavy (non-hydrogen) atoms. The topological polar surface area (TPSA) is 64.6 Å². The highest BCUT2D eigenvalue weighted by Crippen LogP contribution is 2.19. The van der Waals surface area contributed by atoms with E-state index in [2.05, 4.69) is 11.4 Å². The van der Waals surface area contributed by atoms with Crippen molar-refractivity contribution in [3.05, 3.63) is 59.2 Å². The van der Waals surface area contributed by atoms with E-state index in [0.717, 1.165) is 11.3 Å². The summed E-state index contributed by atoms with van der Waals surface area (Å²) in [6.45, 7) is 8.90. The fraction of sp³-hybridized carbons (Fsp3) is 0.391. The molecule has 150 valence electrons. The van der Waals surface area contributed by atoms with Crippen LogP contribution in [0.5, 0.6) is 5.75 Å². The zero-order valence-electron chi connectivity index (χ0n) is 17.1. The highest BCUT2D eigenvalue weighted by atomic mass is 16.5. The molecule has 0 radical (unpaired) electrons. The average Bonchev–Trinajstić information content (AvgIpc) is 2.65. The van der Waals surface area contributed by atoms with Crippen molar-refractivity contribution in [2.45, 2.75) is 40.5 Å². The van der Waals surface area contributed by atoms with E-state index in [1.165, 1.54) is 5.56 Å². The van der Waals surface area contributed by atoms with Crippen LogP contribution < -0.4 is 10.1 Å². The molecular weight excluding hydrogens is 354 g/mol. The van der Waals surface area contributed by atoms with Crippen molar-refractivity contribution in [3.8, 4) is 5.75 Å². The van der Waals surface area contributed by atoms with Gasteiger partial charge < -0.3 is 14.8 Å². The van der Waals surface area contributed by atoms with Crippen LogP contribution in [0, 0.1) is 19.8 Å². The molecule has 0 unspecified atom stereocenters. The summed E-state index contributed by atoms with van der Waals surface area (Å²) in [6, 6.07) is 12.8. The molecular formula is C23H29NO4. The number of amides is 1. The first-order valence-corrected chi connectivity index (χ1v) is 9.62. The molecule has 2 rings (SSSR count). The zero-order chi connectivity index (χ0) is 20.5. The zero-order valence-corrected chi connectivity index (χ0v) is 17.1. The molecule has 2 aromatic carbocycles. The highest BCUT2D eigenvalue weighted by Gasteiger charge is 2.09. The molecule has 0 saturated heterocycles. The Labute approximate surface area is 167 Å². The lowest BCUT2D eigenvalue weighted by Crippen LogP contribution is -2.13. The summed E-state index contributed by atoms with van der Waals surface area (Å²) in [4.78, 5) is 24.0. The van der Waals surface area contributed by atoms with E-state index in [4.69, 9.17) is 9.47 Å². The maximum Gasteiger partial charge on any atom is 0.338 e. The van der Waals surface area contributed by atoms with Gasteiger partial charge >= 0.3 is 5.97 Å². The van der Waals surface area contributed by atoms with Gasteiger partial charge in [-0.1, -0.05) is 31.5 Å². The predicted octanol–water partition coefficient (Wildman–Crippen LogP) is 4.91. The maximum atomic E-state index is 12.1. The van der Waals surface area contributed by atoms with Crippen LogP contribution in [-0.4, -0.2) is 25.1 Å². The smallest absolute Gasteiger partial charge is 0.338 e. The average molecular weight is 383 g/mol. The Morgan fingerprint density at radius 3 is 2.39 bits per heavy atom. The van der Waals surface area contributed by atoms with E-state index in [9.17, 15) is 9.59 Å². The Balaban J connectivity index is 1.73. The van der Waals surface area contributed by atoms with Crippen LogP contribution in [0.4, 0.5) is 5.69 Å². The number of esters is 1. The number of ether oxygens (including phenoxy) is 2. The first kappa shape index (κ1) is 21.5. The molecule has 0 spiro atoms. The number of nitrogens with one attached hydrogen (secondary N) is 1. The minimum absolute atomic E-state index is 0.0839. The highest BCUT2D eigenvalue weighted by molar-refractivity contribution is 5.93. The van der Waals surface area contributed by atoms with Gasteiger partial charge in [-0.3, -0.25) is 4.79 Å². The number of carbonyl (C=O) groups is 2. The number of aryl methyl sites for hydroxylation is 2. The molecule has 2 aromatic rings. The minimum Gasteiger partial charge on any atom is -0.493 e. The summed E-state index contributed by atoms with van der Waals surface area (Å²) >= 11 is 0. The van der Waals surface area contributed by atoms with Gasteiger partial charge in [0.15, 0.2) is 0 Å². The Kier molecular flexibility index (Phi) is 8.05. The minimum atomic E-state index is -0.352. The Hall–Kier alpha value is -2.82. The number of carbonyl (C=O) groups excluding carboxylic acids is 2. The van der Waals surface area contributed by atoms with Gasteiger partial charge in [-0.05, 0) is 62.1 Å². The third-order valence-electron chi connectivity index (χ3n) is 4.09. The number of anilines is 1. The third kappa shape index (κ3) is 7.06. The summed E-state index contributed by atoms with van der Waals surface area (Å²) in [6.07, 6.45) is 0.988. The summed E-state index contributed by atoms with van der Waals surface area (Å²) in [7, 11) is 0. The molecule has 1 amide bonds. The van der Waals surface area contributed by atoms with E-state index >= 15 is 0 Å². The first-order valence-electron chi connectivity index (χ1n) is 9.62. The van der Waals surface area contributed by atoms with Crippen molar-refractivity contribution >= 4 is 17.6 Å². The lowest BCUT2D eigenvalue weighted by atomic mass is 10.1. The molecule has 0 aromatic heterocycles. The van der Waals surface area contributed by atoms with Crippen molar-refractivity contribution in [2.24, 2.45) is 5.92 Å². The third-order valence-corrected chi connectivity index (χ3v) is 4.09. The molecule has 0 aliphatic carbocycles. The molecule has 1 N–H and O–H groups in total. The van der Waals surface area contributed by atoms with Gasteiger partial charge in [0.2, 0.25) is 5.91 Å². The molecule has 0 aliphatic heterocycles. The summed E-state index contributed by atoms with van der Waals surface area (Å²) < 4.78 is 10.9. The van der Waals surface area contributed by atoms with Crippen LogP contribution in [0.2, 0.25) is 0 Å². The Morgan fingerprint density at radius 1 is 1.04 bits per heavy atom. The SMILES string of the molecule is Cc1ccc(OCCCC(=O)Nc2ccc(C(=O)OCC(C)C)cc2)c(C)c1. The number of benzene rings is 2. The Bertz CT molecular complexity index is 797. The van der Waals surface area contributed by atoms with Crippen LogP contribution in [-0.2, 0) is 9.53 Å². The normalized spacial score (nSPS) is 10.6. The quantitative estimate of drug-likeness (QED) is 0.493. The number of rotatable bonds is 9. The molecule has 5 heteroatoms. The van der Waals surface area contributed by atoms with Gasteiger partial charge in [-0.15, -0.1) is 0 Å². The molecule has 0 fully saturated rings. The van der Waals surface area contributed by atoms with Crippen molar-refractivity contribution in [1.82, 2.24) is 0 Å². The van der Waals surface area contributed by atoms with Gasteiger partial charge in [-0.2, -0.15) is 0 Å². The number of hydrogen-bond donors (Lipinski definition) is 1. The number of hydrogen-bond acceptors (Lipinski definition) is 4. The second kappa shape index (κ2) is 10.5. The summed E-state index contributed by atoms with van der Waals surface area (Å²) in [5.74, 6) is 0.710. The van der Waals surface area contributed by atoms with Crippen LogP contribution in [0.3, 0.4) is 0 Å². The first-order chi connectivity index (χ1) is 13.3. The monoisotopic (exact) mass is 383 g/mol. The van der Waals surface area contributed by atoms with Crippen LogP contribution >= 0.6 is 0 Å². The van der Waals surface area contributed by atoms with Crippen LogP contribution in [0.25, 0.3) is 0 Å². The fourth-order valence-corrected chi connectivity index (χ4v) is 2.61. The van der Waals surface area contributed by atoms with Crippen molar-refractivity contribution < 1.29 is 19.1 Å². The van der Waals surface area contributed by atoms with Crippen molar-refractivity contribution in [3.63, 3.8) is 0 Å². The lowest BCUT2D eigenvalue weighted by Gasteiger charge is -2.10. The largest absolute Gasteiger partial charge is 0.493 e. The molecule has 5 nitrogen and oxygen atoms in total. The standard InChI is InChI=1S/C23H29NO4/c1-16(2)15-28-23(26)19-8-10-20(11-9-19)24-22(25)6-5-13-27-21-12-7-17(3)14-18(21)4/h7-12,14,16H,5-6,13,15H2,1-4H3,(H,24,25). The molecule has 0 bridgehead atoms. The van der Waals surface area contributed by atoms with Crippen LogP contribution in [0.15, 0.2) is 42.5 Å². The van der Waals surface area contributed by atoms with E-state index in [1.54, 1.807) is 24.3 Å². The van der Waals surface area contributed by atoms with Crippen LogP contribution in [0.1, 0.15) is 48.2 Å². The molecule has 0 atom stereocenters. The molecule has 0 heterocycles. The summed E-state index contributed by atoms with van der Waals surface area (Å²) in [5.41, 5.74) is 3.42.